The normalized spacial score (nSPS) is 19.7. The number of carbonyl (C=O) groups is 1. The molecule has 1 aromatic heterocycles. The number of pyridine rings is 1. The number of nitrogens with zero attached hydrogens (tertiary/aromatic N) is 2. The Morgan fingerprint density at radius 1 is 1.08 bits per heavy atom. The molecule has 2 fully saturated rings. The molecular formula is C21H26ClN3O. The zero-order chi connectivity index (χ0) is 17.9. The Morgan fingerprint density at radius 3 is 2.58 bits per heavy atom. The van der Waals surface area contributed by atoms with Crippen LogP contribution in [0.25, 0.3) is 10.8 Å². The van der Waals surface area contributed by atoms with Crippen LogP contribution < -0.4 is 5.32 Å². The van der Waals surface area contributed by atoms with Crippen molar-refractivity contribution in [3.05, 3.63) is 35.5 Å². The number of hydrogen-bond donors (Lipinski definition) is 1. The number of carbonyl (C=O) groups excluding carboxylic acids is 1. The molecule has 4 rings (SSSR count). The van der Waals surface area contributed by atoms with Gasteiger partial charge in [-0.1, -0.05) is 55.1 Å². The first kappa shape index (κ1) is 17.6. The van der Waals surface area contributed by atoms with E-state index in [0.29, 0.717) is 17.1 Å². The zero-order valence-corrected chi connectivity index (χ0v) is 15.8. The molecule has 2 aromatic rings. The predicted octanol–water partition coefficient (Wildman–Crippen LogP) is 4.87. The average molecular weight is 372 g/mol. The third kappa shape index (κ3) is 3.80. The Balaban J connectivity index is 1.39. The third-order valence-corrected chi connectivity index (χ3v) is 6.00. The van der Waals surface area contributed by atoms with Crippen LogP contribution in [0.2, 0.25) is 5.15 Å². The first-order chi connectivity index (χ1) is 12.7. The minimum atomic E-state index is 0.270. The molecule has 1 aromatic carbocycles. The summed E-state index contributed by atoms with van der Waals surface area (Å²) in [5.74, 6) is 1.51. The van der Waals surface area contributed by atoms with Gasteiger partial charge >= 0.3 is 0 Å². The summed E-state index contributed by atoms with van der Waals surface area (Å²) >= 11 is 6.19. The van der Waals surface area contributed by atoms with Crippen molar-refractivity contribution in [1.29, 1.82) is 0 Å². The molecule has 0 spiro atoms. The topological polar surface area (TPSA) is 45.2 Å². The van der Waals surface area contributed by atoms with Crippen LogP contribution in [0.4, 0.5) is 5.82 Å². The molecule has 0 unspecified atom stereocenters. The van der Waals surface area contributed by atoms with E-state index in [1.807, 2.05) is 18.2 Å². The fraction of sp³-hybridized carbons (Fsp3) is 0.524. The monoisotopic (exact) mass is 371 g/mol. The van der Waals surface area contributed by atoms with Crippen LogP contribution in [0.5, 0.6) is 0 Å². The molecule has 4 nitrogen and oxygen atoms in total. The van der Waals surface area contributed by atoms with E-state index in [1.165, 1.54) is 19.3 Å². The summed E-state index contributed by atoms with van der Waals surface area (Å²) < 4.78 is 0. The van der Waals surface area contributed by atoms with Crippen molar-refractivity contribution in [2.45, 2.75) is 51.0 Å². The highest BCUT2D eigenvalue weighted by molar-refractivity contribution is 6.30. The standard InChI is InChI=1S/C21H26ClN3O/c22-19-14-16-8-4-5-9-18(16)20(24-19)23-17-10-12-25(13-11-17)21(26)15-6-2-1-3-7-15/h4-5,8-9,14-15,17H,1-3,6-7,10-13H2,(H,23,24). The van der Waals surface area contributed by atoms with Crippen molar-refractivity contribution < 1.29 is 4.79 Å². The highest BCUT2D eigenvalue weighted by Crippen LogP contribution is 2.29. The predicted molar refractivity (Wildman–Crippen MR) is 107 cm³/mol. The number of likely N-dealkylation sites (tertiary alicyclic amines) is 1. The maximum absolute atomic E-state index is 12.7. The summed E-state index contributed by atoms with van der Waals surface area (Å²) in [6.45, 7) is 1.68. The number of hydrogen-bond acceptors (Lipinski definition) is 3. The number of halogens is 1. The van der Waals surface area contributed by atoms with Crippen LogP contribution in [-0.2, 0) is 4.79 Å². The Kier molecular flexibility index (Phi) is 5.30. The summed E-state index contributed by atoms with van der Waals surface area (Å²) in [6, 6.07) is 10.4. The zero-order valence-electron chi connectivity index (χ0n) is 15.1. The lowest BCUT2D eigenvalue weighted by Crippen LogP contribution is -2.45. The molecule has 0 bridgehead atoms. The number of rotatable bonds is 3. The summed E-state index contributed by atoms with van der Waals surface area (Å²) in [5, 5.41) is 6.27. The van der Waals surface area contributed by atoms with E-state index in [9.17, 15) is 4.79 Å². The fourth-order valence-corrected chi connectivity index (χ4v) is 4.52. The van der Waals surface area contributed by atoms with Gasteiger partial charge in [0.05, 0.1) is 0 Å². The Hall–Kier alpha value is -1.81. The molecular weight excluding hydrogens is 346 g/mol. The van der Waals surface area contributed by atoms with Gasteiger partial charge in [0.1, 0.15) is 11.0 Å². The van der Waals surface area contributed by atoms with Gasteiger partial charge in [0, 0.05) is 30.4 Å². The van der Waals surface area contributed by atoms with Crippen molar-refractivity contribution in [2.75, 3.05) is 18.4 Å². The highest BCUT2D eigenvalue weighted by atomic mass is 35.5. The van der Waals surface area contributed by atoms with Gasteiger partial charge in [-0.05, 0) is 37.1 Å². The SMILES string of the molecule is O=C(C1CCCCC1)N1CCC(Nc2nc(Cl)cc3ccccc23)CC1. The van der Waals surface area contributed by atoms with Crippen LogP contribution in [0.15, 0.2) is 30.3 Å². The maximum Gasteiger partial charge on any atom is 0.225 e. The molecule has 1 amide bonds. The highest BCUT2D eigenvalue weighted by Gasteiger charge is 2.29. The molecule has 1 aliphatic heterocycles. The van der Waals surface area contributed by atoms with Gasteiger partial charge in [0.25, 0.3) is 0 Å². The Morgan fingerprint density at radius 2 is 1.81 bits per heavy atom. The van der Waals surface area contributed by atoms with E-state index in [0.717, 1.165) is 55.4 Å². The van der Waals surface area contributed by atoms with Crippen molar-refractivity contribution in [3.8, 4) is 0 Å². The number of benzene rings is 1. The van der Waals surface area contributed by atoms with E-state index >= 15 is 0 Å². The summed E-state index contributed by atoms with van der Waals surface area (Å²) in [5.41, 5.74) is 0. The number of fused-ring (bicyclic) bond motifs is 1. The molecule has 1 saturated carbocycles. The third-order valence-electron chi connectivity index (χ3n) is 5.81. The van der Waals surface area contributed by atoms with Gasteiger partial charge in [-0.3, -0.25) is 4.79 Å². The largest absolute Gasteiger partial charge is 0.367 e. The molecule has 1 aliphatic carbocycles. The molecule has 5 heteroatoms. The molecule has 138 valence electrons. The van der Waals surface area contributed by atoms with Gasteiger partial charge < -0.3 is 10.2 Å². The first-order valence-corrected chi connectivity index (χ1v) is 10.2. The quantitative estimate of drug-likeness (QED) is 0.783. The van der Waals surface area contributed by atoms with E-state index in [2.05, 4.69) is 27.3 Å². The first-order valence-electron chi connectivity index (χ1n) is 9.81. The van der Waals surface area contributed by atoms with Crippen molar-refractivity contribution >= 4 is 34.1 Å². The number of anilines is 1. The van der Waals surface area contributed by atoms with Gasteiger partial charge in [-0.15, -0.1) is 0 Å². The van der Waals surface area contributed by atoms with Crippen LogP contribution in [-0.4, -0.2) is 34.9 Å². The van der Waals surface area contributed by atoms with Gasteiger partial charge in [-0.2, -0.15) is 0 Å². The minimum absolute atomic E-state index is 0.270. The van der Waals surface area contributed by atoms with Crippen LogP contribution in [0, 0.1) is 5.92 Å². The van der Waals surface area contributed by atoms with E-state index in [4.69, 9.17) is 11.6 Å². The Labute approximate surface area is 159 Å². The number of piperidine rings is 1. The Bertz CT molecular complexity index is 780. The van der Waals surface area contributed by atoms with Crippen molar-refractivity contribution in [2.24, 2.45) is 5.92 Å². The lowest BCUT2D eigenvalue weighted by Gasteiger charge is -2.35. The molecule has 1 saturated heterocycles. The molecule has 26 heavy (non-hydrogen) atoms. The van der Waals surface area contributed by atoms with Crippen LogP contribution in [0.1, 0.15) is 44.9 Å². The summed E-state index contributed by atoms with van der Waals surface area (Å²) in [4.78, 5) is 19.3. The average Bonchev–Trinajstić information content (AvgIpc) is 2.68. The second-order valence-corrected chi connectivity index (χ2v) is 7.98. The van der Waals surface area contributed by atoms with Gasteiger partial charge in [-0.25, -0.2) is 4.98 Å². The minimum Gasteiger partial charge on any atom is -0.367 e. The lowest BCUT2D eigenvalue weighted by atomic mass is 9.87. The molecule has 2 aliphatic rings. The summed E-state index contributed by atoms with van der Waals surface area (Å²) in [7, 11) is 0. The molecule has 1 N–H and O–H groups in total. The number of amides is 1. The molecule has 0 atom stereocenters. The second kappa shape index (κ2) is 7.83. The van der Waals surface area contributed by atoms with Crippen LogP contribution in [0.3, 0.4) is 0 Å². The second-order valence-electron chi connectivity index (χ2n) is 7.59. The lowest BCUT2D eigenvalue weighted by molar-refractivity contribution is -0.137. The van der Waals surface area contributed by atoms with E-state index in [-0.39, 0.29) is 5.92 Å². The number of aromatic nitrogens is 1. The van der Waals surface area contributed by atoms with E-state index < -0.39 is 0 Å². The fourth-order valence-electron chi connectivity index (χ4n) is 4.32. The van der Waals surface area contributed by atoms with Crippen molar-refractivity contribution in [1.82, 2.24) is 9.88 Å². The summed E-state index contributed by atoms with van der Waals surface area (Å²) in [6.07, 6.45) is 7.78. The number of nitrogens with one attached hydrogen (secondary N) is 1. The van der Waals surface area contributed by atoms with E-state index in [1.54, 1.807) is 0 Å². The maximum atomic E-state index is 12.7. The van der Waals surface area contributed by atoms with Gasteiger partial charge in [0.15, 0.2) is 0 Å². The molecule has 2 heterocycles. The smallest absolute Gasteiger partial charge is 0.225 e. The molecule has 0 radical (unpaired) electrons. The van der Waals surface area contributed by atoms with Crippen molar-refractivity contribution in [3.63, 3.8) is 0 Å². The van der Waals surface area contributed by atoms with Crippen LogP contribution >= 0.6 is 11.6 Å². The van der Waals surface area contributed by atoms with Gasteiger partial charge in [0.2, 0.25) is 5.91 Å².